The lowest BCUT2D eigenvalue weighted by atomic mass is 9.60. The van der Waals surface area contributed by atoms with E-state index < -0.39 is 5.41 Å². The Kier molecular flexibility index (Phi) is 3.68. The third kappa shape index (κ3) is 2.14. The van der Waals surface area contributed by atoms with E-state index in [9.17, 15) is 9.59 Å². The van der Waals surface area contributed by atoms with E-state index in [1.54, 1.807) is 12.1 Å². The number of hydrogen-bond acceptors (Lipinski definition) is 3. The van der Waals surface area contributed by atoms with Gasteiger partial charge >= 0.3 is 0 Å². The summed E-state index contributed by atoms with van der Waals surface area (Å²) in [6.45, 7) is 0. The maximum absolute atomic E-state index is 14.2. The van der Waals surface area contributed by atoms with Crippen LogP contribution in [0.1, 0.15) is 31.8 Å². The highest BCUT2D eigenvalue weighted by Crippen LogP contribution is 2.55. The Labute approximate surface area is 188 Å². The van der Waals surface area contributed by atoms with Gasteiger partial charge in [-0.05, 0) is 41.8 Å². The van der Waals surface area contributed by atoms with E-state index >= 15 is 0 Å². The summed E-state index contributed by atoms with van der Waals surface area (Å²) in [5.74, 6) is 0.583. The van der Waals surface area contributed by atoms with Crippen LogP contribution >= 0.6 is 31.9 Å². The number of benzene rings is 4. The molecule has 1 spiro atoms. The predicted octanol–water partition coefficient (Wildman–Crippen LogP) is 6.84. The molecule has 5 heteroatoms. The van der Waals surface area contributed by atoms with E-state index in [1.807, 2.05) is 60.7 Å². The van der Waals surface area contributed by atoms with E-state index in [-0.39, 0.29) is 11.6 Å². The molecule has 1 aliphatic heterocycles. The topological polar surface area (TPSA) is 43.4 Å². The fourth-order valence-corrected chi connectivity index (χ4v) is 5.47. The van der Waals surface area contributed by atoms with Crippen molar-refractivity contribution >= 4 is 54.2 Å². The van der Waals surface area contributed by atoms with Gasteiger partial charge in [0.15, 0.2) is 17.0 Å². The minimum atomic E-state index is -1.50. The van der Waals surface area contributed by atoms with Gasteiger partial charge in [0.2, 0.25) is 0 Å². The molecule has 0 amide bonds. The number of carbonyl (C=O) groups is 2. The highest BCUT2D eigenvalue weighted by Gasteiger charge is 2.57. The first kappa shape index (κ1) is 18.0. The van der Waals surface area contributed by atoms with Crippen molar-refractivity contribution in [2.24, 2.45) is 0 Å². The van der Waals surface area contributed by atoms with Gasteiger partial charge in [-0.1, -0.05) is 68.3 Å². The van der Waals surface area contributed by atoms with Crippen LogP contribution in [0.5, 0.6) is 11.5 Å². The van der Waals surface area contributed by atoms with E-state index in [4.69, 9.17) is 4.74 Å². The molecule has 0 bridgehead atoms. The van der Waals surface area contributed by atoms with Gasteiger partial charge in [-0.2, -0.15) is 0 Å². The highest BCUT2D eigenvalue weighted by molar-refractivity contribution is 9.10. The fourth-order valence-electron chi connectivity index (χ4n) is 4.75. The number of carbonyl (C=O) groups excluding carboxylic acids is 2. The van der Waals surface area contributed by atoms with E-state index in [0.29, 0.717) is 33.8 Å². The summed E-state index contributed by atoms with van der Waals surface area (Å²) in [5.41, 5.74) is 0.731. The minimum absolute atomic E-state index is 0.223. The number of Topliss-reactive ketones (excluding diaryl/α,β-unsaturated/α-hetero) is 2. The predicted molar refractivity (Wildman–Crippen MR) is 122 cm³/mol. The van der Waals surface area contributed by atoms with Gasteiger partial charge in [0.05, 0.1) is 0 Å². The molecule has 1 heterocycles. The van der Waals surface area contributed by atoms with Crippen molar-refractivity contribution in [3.8, 4) is 11.5 Å². The van der Waals surface area contributed by atoms with Crippen molar-refractivity contribution in [2.75, 3.05) is 0 Å². The lowest BCUT2D eigenvalue weighted by Crippen LogP contribution is -2.49. The first-order valence-electron chi connectivity index (χ1n) is 9.41. The molecule has 2 aliphatic rings. The molecule has 4 aromatic rings. The second-order valence-corrected chi connectivity index (χ2v) is 9.33. The van der Waals surface area contributed by atoms with Crippen LogP contribution in [0, 0.1) is 0 Å². The Morgan fingerprint density at radius 2 is 1.17 bits per heavy atom. The molecule has 0 N–H and O–H groups in total. The number of ether oxygens (including phenoxy) is 1. The van der Waals surface area contributed by atoms with E-state index in [2.05, 4.69) is 31.9 Å². The van der Waals surface area contributed by atoms with Gasteiger partial charge in [-0.15, -0.1) is 0 Å². The Hall–Kier alpha value is -2.76. The second-order valence-electron chi connectivity index (χ2n) is 7.50. The molecule has 3 nitrogen and oxygen atoms in total. The molecule has 1 aliphatic carbocycles. The summed E-state index contributed by atoms with van der Waals surface area (Å²) in [7, 11) is 0. The first-order chi connectivity index (χ1) is 14.5. The molecule has 0 saturated carbocycles. The van der Waals surface area contributed by atoms with E-state index in [0.717, 1.165) is 19.7 Å². The fraction of sp³-hybridized carbons (Fsp3) is 0.0400. The Morgan fingerprint density at radius 1 is 0.667 bits per heavy atom. The summed E-state index contributed by atoms with van der Waals surface area (Å²) in [6, 6.07) is 22.2. The minimum Gasteiger partial charge on any atom is -0.457 e. The van der Waals surface area contributed by atoms with Gasteiger partial charge in [0.25, 0.3) is 0 Å². The van der Waals surface area contributed by atoms with Crippen molar-refractivity contribution in [2.45, 2.75) is 5.41 Å². The Morgan fingerprint density at radius 3 is 1.67 bits per heavy atom. The van der Waals surface area contributed by atoms with Crippen molar-refractivity contribution in [3.63, 3.8) is 0 Å². The zero-order chi connectivity index (χ0) is 20.6. The van der Waals surface area contributed by atoms with Crippen LogP contribution in [0.4, 0.5) is 0 Å². The van der Waals surface area contributed by atoms with Crippen molar-refractivity contribution < 1.29 is 14.3 Å². The average Bonchev–Trinajstić information content (AvgIpc) is 2.75. The molecule has 0 saturated heterocycles. The summed E-state index contributed by atoms with van der Waals surface area (Å²) < 4.78 is 7.68. The SMILES string of the molecule is O=C1c2cccc3cccc(c23)C(=O)C12c1cc(Br)ccc1Oc1ccc(Br)cc12. The normalized spacial score (nSPS) is 15.7. The molecule has 144 valence electrons. The quantitative estimate of drug-likeness (QED) is 0.239. The zero-order valence-corrected chi connectivity index (χ0v) is 18.6. The molecular weight excluding hydrogens is 508 g/mol. The highest BCUT2D eigenvalue weighted by atomic mass is 79.9. The van der Waals surface area contributed by atoms with Gasteiger partial charge in [0.1, 0.15) is 11.5 Å². The van der Waals surface area contributed by atoms with Gasteiger partial charge in [-0.3, -0.25) is 9.59 Å². The van der Waals surface area contributed by atoms with Crippen LogP contribution in [0.15, 0.2) is 81.7 Å². The van der Waals surface area contributed by atoms with Crippen LogP contribution in [0.2, 0.25) is 0 Å². The molecule has 30 heavy (non-hydrogen) atoms. The van der Waals surface area contributed by atoms with Gasteiger partial charge in [-0.25, -0.2) is 0 Å². The third-order valence-electron chi connectivity index (χ3n) is 5.99. The van der Waals surface area contributed by atoms with Crippen LogP contribution < -0.4 is 4.74 Å². The molecule has 0 atom stereocenters. The molecule has 4 aromatic carbocycles. The number of rotatable bonds is 0. The summed E-state index contributed by atoms with van der Waals surface area (Å²) in [6.07, 6.45) is 0. The Balaban J connectivity index is 1.81. The van der Waals surface area contributed by atoms with Crippen molar-refractivity contribution in [1.82, 2.24) is 0 Å². The number of ketones is 2. The molecular formula is C25H12Br2O3. The van der Waals surface area contributed by atoms with Crippen LogP contribution in [0.3, 0.4) is 0 Å². The standard InChI is InChI=1S/C25H12Br2O3/c26-14-7-9-20-18(11-14)25(19-12-15(27)8-10-21(19)30-20)23(28)16-5-1-3-13-4-2-6-17(22(13)16)24(25)29/h1-12H. The van der Waals surface area contributed by atoms with Crippen LogP contribution in [-0.4, -0.2) is 11.6 Å². The van der Waals surface area contributed by atoms with E-state index in [1.165, 1.54) is 0 Å². The lowest BCUT2D eigenvalue weighted by Gasteiger charge is -2.40. The lowest BCUT2D eigenvalue weighted by molar-refractivity contribution is 0.0782. The number of fused-ring (bicyclic) bond motifs is 4. The summed E-state index contributed by atoms with van der Waals surface area (Å²) in [5, 5.41) is 1.61. The first-order valence-corrected chi connectivity index (χ1v) is 11.0. The molecule has 0 radical (unpaired) electrons. The van der Waals surface area contributed by atoms with Gasteiger partial charge in [0, 0.05) is 36.6 Å². The second kappa shape index (κ2) is 6.13. The Bertz CT molecular complexity index is 1330. The molecule has 0 aromatic heterocycles. The smallest absolute Gasteiger partial charge is 0.186 e. The summed E-state index contributed by atoms with van der Waals surface area (Å²) >= 11 is 7.02. The molecule has 0 unspecified atom stereocenters. The molecule has 0 fully saturated rings. The maximum Gasteiger partial charge on any atom is 0.186 e. The largest absolute Gasteiger partial charge is 0.457 e. The monoisotopic (exact) mass is 518 g/mol. The molecule has 6 rings (SSSR count). The van der Waals surface area contributed by atoms with Gasteiger partial charge < -0.3 is 4.74 Å². The number of hydrogen-bond donors (Lipinski definition) is 0. The maximum atomic E-state index is 14.2. The van der Waals surface area contributed by atoms with Crippen molar-refractivity contribution in [3.05, 3.63) is 104 Å². The summed E-state index contributed by atoms with van der Waals surface area (Å²) in [4.78, 5) is 28.5. The van der Waals surface area contributed by atoms with Crippen LogP contribution in [-0.2, 0) is 5.41 Å². The zero-order valence-electron chi connectivity index (χ0n) is 15.4. The van der Waals surface area contributed by atoms with Crippen molar-refractivity contribution in [1.29, 1.82) is 0 Å². The van der Waals surface area contributed by atoms with Crippen LogP contribution in [0.25, 0.3) is 10.8 Å². The third-order valence-corrected chi connectivity index (χ3v) is 6.97. The number of halogens is 2. The average molecular weight is 520 g/mol.